The predicted molar refractivity (Wildman–Crippen MR) is 101 cm³/mol. The van der Waals surface area contributed by atoms with E-state index in [4.69, 9.17) is 4.52 Å². The Kier molecular flexibility index (Phi) is 4.57. The number of hydrogen-bond acceptors (Lipinski definition) is 5. The van der Waals surface area contributed by atoms with E-state index in [1.54, 1.807) is 19.1 Å². The fourth-order valence-corrected chi connectivity index (χ4v) is 3.40. The Balaban J connectivity index is 1.67. The van der Waals surface area contributed by atoms with Gasteiger partial charge in [0.1, 0.15) is 11.6 Å². The smallest absolute Gasteiger partial charge is 0.335 e. The summed E-state index contributed by atoms with van der Waals surface area (Å²) < 4.78 is 7.83. The fourth-order valence-electron chi connectivity index (χ4n) is 3.14. The molecule has 4 rings (SSSR count). The van der Waals surface area contributed by atoms with Crippen LogP contribution in [0, 0.1) is 5.92 Å². The third-order valence-corrected chi connectivity index (χ3v) is 5.01. The van der Waals surface area contributed by atoms with Crippen molar-refractivity contribution in [3.8, 4) is 11.4 Å². The Morgan fingerprint density at radius 2 is 2.00 bits per heavy atom. The molecule has 1 unspecified atom stereocenters. The second kappa shape index (κ2) is 7.03. The molecular formula is C19H16BrN4O3+. The maximum absolute atomic E-state index is 12.8. The van der Waals surface area contributed by atoms with Crippen molar-refractivity contribution in [1.29, 1.82) is 0 Å². The van der Waals surface area contributed by atoms with Gasteiger partial charge in [-0.15, -0.1) is 0 Å². The van der Waals surface area contributed by atoms with Crippen molar-refractivity contribution < 1.29 is 18.7 Å². The highest BCUT2D eigenvalue weighted by Gasteiger charge is 2.46. The number of imide groups is 1. The third kappa shape index (κ3) is 3.16. The molecule has 1 aliphatic heterocycles. The molecule has 0 N–H and O–H groups in total. The van der Waals surface area contributed by atoms with Crippen LogP contribution in [0.2, 0.25) is 0 Å². The average Bonchev–Trinajstić information content (AvgIpc) is 3.15. The summed E-state index contributed by atoms with van der Waals surface area (Å²) in [7, 11) is 0. The molecule has 0 spiro atoms. The molecule has 0 bridgehead atoms. The van der Waals surface area contributed by atoms with E-state index in [2.05, 4.69) is 26.1 Å². The van der Waals surface area contributed by atoms with Crippen molar-refractivity contribution in [2.24, 2.45) is 5.92 Å². The molecule has 3 amide bonds. The van der Waals surface area contributed by atoms with Crippen LogP contribution in [0.25, 0.3) is 11.4 Å². The van der Waals surface area contributed by atoms with Gasteiger partial charge >= 0.3 is 11.9 Å². The van der Waals surface area contributed by atoms with Gasteiger partial charge in [-0.1, -0.05) is 39.3 Å². The lowest BCUT2D eigenvalue weighted by molar-refractivity contribution is -0.460. The van der Waals surface area contributed by atoms with E-state index in [1.165, 1.54) is 9.48 Å². The van der Waals surface area contributed by atoms with E-state index in [0.29, 0.717) is 24.0 Å². The van der Waals surface area contributed by atoms with Crippen LogP contribution in [0.5, 0.6) is 0 Å². The number of benzene rings is 1. The lowest BCUT2D eigenvalue weighted by Crippen LogP contribution is -2.53. The van der Waals surface area contributed by atoms with Gasteiger partial charge in [-0.25, -0.2) is 4.79 Å². The van der Waals surface area contributed by atoms with Crippen LogP contribution >= 0.6 is 15.9 Å². The van der Waals surface area contributed by atoms with Crippen LogP contribution in [-0.4, -0.2) is 43.8 Å². The van der Waals surface area contributed by atoms with Crippen molar-refractivity contribution in [3.05, 3.63) is 58.9 Å². The molecule has 27 heavy (non-hydrogen) atoms. The summed E-state index contributed by atoms with van der Waals surface area (Å²) in [5, 5.41) is 4.00. The summed E-state index contributed by atoms with van der Waals surface area (Å²) in [4.78, 5) is 31.0. The van der Waals surface area contributed by atoms with Crippen LogP contribution in [0.15, 0.2) is 57.6 Å². The molecule has 1 aromatic carbocycles. The molecule has 2 heterocycles. The van der Waals surface area contributed by atoms with Gasteiger partial charge in [0.15, 0.2) is 6.54 Å². The van der Waals surface area contributed by atoms with Crippen LogP contribution in [0.4, 0.5) is 4.79 Å². The number of carbonyl (C=O) groups is 2. The molecule has 0 saturated carbocycles. The molecule has 1 aromatic heterocycles. The molecular weight excluding hydrogens is 412 g/mol. The normalized spacial score (nSPS) is 19.0. The van der Waals surface area contributed by atoms with Gasteiger partial charge < -0.3 is 4.52 Å². The number of halogens is 1. The zero-order valence-corrected chi connectivity index (χ0v) is 16.1. The Labute approximate surface area is 163 Å². The van der Waals surface area contributed by atoms with Gasteiger partial charge in [-0.2, -0.15) is 19.3 Å². The van der Waals surface area contributed by atoms with Crippen molar-refractivity contribution in [1.82, 2.24) is 15.0 Å². The molecule has 0 saturated heterocycles. The molecule has 0 radical (unpaired) electrons. The molecule has 0 fully saturated rings. The summed E-state index contributed by atoms with van der Waals surface area (Å²) >= 11 is 3.39. The Morgan fingerprint density at radius 3 is 2.74 bits per heavy atom. The highest BCUT2D eigenvalue weighted by atomic mass is 79.9. The molecule has 2 aromatic rings. The van der Waals surface area contributed by atoms with Gasteiger partial charge in [-0.3, -0.25) is 0 Å². The van der Waals surface area contributed by atoms with Gasteiger partial charge in [0.25, 0.3) is 5.89 Å². The first-order chi connectivity index (χ1) is 13.1. The zero-order chi connectivity index (χ0) is 19.0. The lowest BCUT2D eigenvalue weighted by atomic mass is 9.94. The van der Waals surface area contributed by atoms with Crippen LogP contribution in [-0.2, 0) is 11.3 Å². The number of urea groups is 1. The molecule has 136 valence electrons. The number of allylic oxidation sites excluding steroid dienone is 3. The van der Waals surface area contributed by atoms with Crippen LogP contribution < -0.4 is 0 Å². The first-order valence-corrected chi connectivity index (χ1v) is 9.31. The van der Waals surface area contributed by atoms with E-state index < -0.39 is 5.92 Å². The molecule has 2 aliphatic rings. The minimum atomic E-state index is -0.471. The quantitative estimate of drug-likeness (QED) is 0.699. The Morgan fingerprint density at radius 1 is 1.22 bits per heavy atom. The zero-order valence-electron chi connectivity index (χ0n) is 14.5. The number of fused-ring (bicyclic) bond motifs is 1. The summed E-state index contributed by atoms with van der Waals surface area (Å²) in [6, 6.07) is 7.16. The monoisotopic (exact) mass is 427 g/mol. The summed E-state index contributed by atoms with van der Waals surface area (Å²) in [5.41, 5.74) is 1.44. The Hall–Kier alpha value is -2.87. The fraction of sp³-hybridized carbons (Fsp3) is 0.211. The van der Waals surface area contributed by atoms with E-state index in [9.17, 15) is 9.59 Å². The predicted octanol–water partition coefficient (Wildman–Crippen LogP) is 3.18. The second-order valence-corrected chi connectivity index (χ2v) is 7.03. The summed E-state index contributed by atoms with van der Waals surface area (Å²) in [6.45, 7) is 2.19. The number of amides is 3. The molecule has 1 atom stereocenters. The third-order valence-electron chi connectivity index (χ3n) is 4.49. The van der Waals surface area contributed by atoms with E-state index in [1.807, 2.05) is 36.4 Å². The molecule has 1 aliphatic carbocycles. The van der Waals surface area contributed by atoms with Gasteiger partial charge in [-0.05, 0) is 37.3 Å². The van der Waals surface area contributed by atoms with Crippen molar-refractivity contribution >= 4 is 33.6 Å². The Bertz CT molecular complexity index is 1000. The molecule has 7 nitrogen and oxygen atoms in total. The topological polar surface area (TPSA) is 79.3 Å². The van der Waals surface area contributed by atoms with Crippen LogP contribution in [0.3, 0.4) is 0 Å². The van der Waals surface area contributed by atoms with Crippen molar-refractivity contribution in [2.45, 2.75) is 13.5 Å². The van der Waals surface area contributed by atoms with Crippen LogP contribution in [0.1, 0.15) is 12.8 Å². The van der Waals surface area contributed by atoms with Crippen molar-refractivity contribution in [2.75, 3.05) is 6.54 Å². The second-order valence-electron chi connectivity index (χ2n) is 6.12. The van der Waals surface area contributed by atoms with Gasteiger partial charge in [0.2, 0.25) is 5.82 Å². The number of aromatic nitrogens is 2. The SMILES string of the molecule is CCN1C(=O)C2C=CC=CC2=[N+](Cc2nc(-c3ccc(Br)cc3)no2)C1=O. The first-order valence-electron chi connectivity index (χ1n) is 8.51. The largest absolute Gasteiger partial charge is 0.501 e. The summed E-state index contributed by atoms with van der Waals surface area (Å²) in [6.07, 6.45) is 7.19. The number of carbonyl (C=O) groups excluding carboxylic acids is 2. The van der Waals surface area contributed by atoms with E-state index in [0.717, 1.165) is 10.0 Å². The first kappa shape index (κ1) is 17.5. The maximum Gasteiger partial charge on any atom is 0.501 e. The molecule has 8 heteroatoms. The van der Waals surface area contributed by atoms with E-state index in [-0.39, 0.29) is 18.5 Å². The van der Waals surface area contributed by atoms with Gasteiger partial charge in [0, 0.05) is 10.0 Å². The highest BCUT2D eigenvalue weighted by molar-refractivity contribution is 9.10. The standard InChI is InChI=1S/C19H16BrN4O3/c1-2-23-18(25)14-5-3-4-6-15(14)24(19(23)26)11-16-21-17(22-27-16)12-7-9-13(20)10-8-12/h3-10,14H,2,11H2,1H3/q+1. The number of hydrogen-bond donors (Lipinski definition) is 0. The summed E-state index contributed by atoms with van der Waals surface area (Å²) in [5.74, 6) is 0.0730. The lowest BCUT2D eigenvalue weighted by Gasteiger charge is -2.25. The van der Waals surface area contributed by atoms with Crippen molar-refractivity contribution in [3.63, 3.8) is 0 Å². The number of rotatable bonds is 4. The minimum absolute atomic E-state index is 0.107. The highest BCUT2D eigenvalue weighted by Crippen LogP contribution is 2.22. The minimum Gasteiger partial charge on any atom is -0.335 e. The van der Waals surface area contributed by atoms with E-state index >= 15 is 0 Å². The van der Waals surface area contributed by atoms with Gasteiger partial charge in [0.05, 0.1) is 6.54 Å². The average molecular weight is 428 g/mol. The number of nitrogens with zero attached hydrogens (tertiary/aromatic N) is 4. The maximum atomic E-state index is 12.8.